The van der Waals surface area contributed by atoms with Crippen molar-refractivity contribution in [1.82, 2.24) is 15.1 Å². The number of aliphatic hydroxyl groups is 1. The van der Waals surface area contributed by atoms with Gasteiger partial charge in [-0.15, -0.1) is 0 Å². The smallest absolute Gasteiger partial charge is 0.313 e. The highest BCUT2D eigenvalue weighted by molar-refractivity contribution is 5.99. The standard InChI is InChI=1S/C29H43N3O7/c1-5-6-13-31-14-9-7-8-10-22(34)30-16-19(4)38-28(37)23-21-11-12-29(39-21)24(23)26(35)32(25(29)27(31)36)20(17-33)15-18(2)3/h7,9,11-12,18-21,23-25,33H,5-6,8,10,13-17H2,1-4H3,(H,30,34)/b9-7-/t19-,20+,21+,23-,24-,25+,29-/m0/s1. The monoisotopic (exact) mass is 545 g/mol. The fourth-order valence-corrected chi connectivity index (χ4v) is 6.38. The molecule has 4 heterocycles. The van der Waals surface area contributed by atoms with E-state index in [1.807, 2.05) is 32.9 Å². The maximum Gasteiger partial charge on any atom is 0.313 e. The van der Waals surface area contributed by atoms with Crippen LogP contribution in [0.5, 0.6) is 0 Å². The topological polar surface area (TPSA) is 125 Å². The van der Waals surface area contributed by atoms with Gasteiger partial charge >= 0.3 is 5.97 Å². The molecule has 2 N–H and O–H groups in total. The van der Waals surface area contributed by atoms with Gasteiger partial charge in [-0.05, 0) is 32.1 Å². The van der Waals surface area contributed by atoms with Crippen molar-refractivity contribution in [3.05, 3.63) is 24.3 Å². The molecule has 4 aliphatic heterocycles. The Morgan fingerprint density at radius 2 is 1.95 bits per heavy atom. The van der Waals surface area contributed by atoms with E-state index in [2.05, 4.69) is 5.32 Å². The quantitative estimate of drug-likeness (QED) is 0.367. The van der Waals surface area contributed by atoms with Crippen molar-refractivity contribution in [3.8, 4) is 0 Å². The van der Waals surface area contributed by atoms with Crippen LogP contribution < -0.4 is 5.32 Å². The molecule has 10 nitrogen and oxygen atoms in total. The van der Waals surface area contributed by atoms with E-state index in [0.29, 0.717) is 25.9 Å². The number of nitrogens with one attached hydrogen (secondary N) is 1. The van der Waals surface area contributed by atoms with Gasteiger partial charge in [-0.25, -0.2) is 0 Å². The molecule has 3 amide bonds. The van der Waals surface area contributed by atoms with Crippen molar-refractivity contribution < 1.29 is 33.8 Å². The Hall–Kier alpha value is -2.72. The maximum atomic E-state index is 14.4. The van der Waals surface area contributed by atoms with Crippen LogP contribution in [0.15, 0.2) is 24.3 Å². The molecular weight excluding hydrogens is 502 g/mol. The van der Waals surface area contributed by atoms with Crippen LogP contribution in [0.4, 0.5) is 0 Å². The minimum Gasteiger partial charge on any atom is -0.460 e. The van der Waals surface area contributed by atoms with E-state index in [-0.39, 0.29) is 43.2 Å². The molecule has 216 valence electrons. The summed E-state index contributed by atoms with van der Waals surface area (Å²) in [6, 6.07) is -1.60. The van der Waals surface area contributed by atoms with Gasteiger partial charge in [0.15, 0.2) is 0 Å². The van der Waals surface area contributed by atoms with Crippen molar-refractivity contribution in [2.75, 3.05) is 26.2 Å². The van der Waals surface area contributed by atoms with E-state index >= 15 is 0 Å². The predicted molar refractivity (Wildman–Crippen MR) is 143 cm³/mol. The zero-order valence-electron chi connectivity index (χ0n) is 23.5. The number of cyclic esters (lactones) is 1. The third-order valence-corrected chi connectivity index (χ3v) is 8.19. The molecule has 0 aromatic heterocycles. The molecule has 0 saturated carbocycles. The minimum atomic E-state index is -1.31. The summed E-state index contributed by atoms with van der Waals surface area (Å²) in [5.74, 6) is -3.05. The molecule has 0 aromatic carbocycles. The number of unbranched alkanes of at least 4 members (excludes halogenated alkanes) is 1. The number of carbonyl (C=O) groups is 4. The lowest BCUT2D eigenvalue weighted by atomic mass is 9.74. The van der Waals surface area contributed by atoms with Gasteiger partial charge in [0, 0.05) is 19.5 Å². The summed E-state index contributed by atoms with van der Waals surface area (Å²) in [5, 5.41) is 13.2. The first kappa shape index (κ1) is 29.3. The fourth-order valence-electron chi connectivity index (χ4n) is 6.38. The third kappa shape index (κ3) is 5.63. The Morgan fingerprint density at radius 3 is 2.64 bits per heavy atom. The van der Waals surface area contributed by atoms with Gasteiger partial charge < -0.3 is 29.7 Å². The largest absolute Gasteiger partial charge is 0.460 e. The Labute approximate surface area is 230 Å². The van der Waals surface area contributed by atoms with Crippen LogP contribution in [-0.2, 0) is 28.7 Å². The lowest BCUT2D eigenvalue weighted by Gasteiger charge is -2.39. The van der Waals surface area contributed by atoms with Crippen LogP contribution in [-0.4, -0.2) is 94.7 Å². The summed E-state index contributed by atoms with van der Waals surface area (Å²) in [4.78, 5) is 57.5. The van der Waals surface area contributed by atoms with Crippen molar-refractivity contribution >= 4 is 23.7 Å². The Kier molecular flexibility index (Phi) is 9.16. The first-order valence-corrected chi connectivity index (χ1v) is 14.4. The molecule has 0 aromatic rings. The molecule has 0 radical (unpaired) electrons. The van der Waals surface area contributed by atoms with Crippen molar-refractivity contribution in [2.24, 2.45) is 17.8 Å². The first-order chi connectivity index (χ1) is 18.6. The molecule has 39 heavy (non-hydrogen) atoms. The zero-order valence-corrected chi connectivity index (χ0v) is 23.5. The highest BCUT2D eigenvalue weighted by Crippen LogP contribution is 2.56. The third-order valence-electron chi connectivity index (χ3n) is 8.19. The van der Waals surface area contributed by atoms with E-state index in [1.54, 1.807) is 24.0 Å². The van der Waals surface area contributed by atoms with Crippen LogP contribution in [0.2, 0.25) is 0 Å². The van der Waals surface area contributed by atoms with Gasteiger partial charge in [0.05, 0.1) is 31.2 Å². The van der Waals surface area contributed by atoms with Crippen molar-refractivity contribution in [1.29, 1.82) is 0 Å². The Balaban J connectivity index is 1.78. The van der Waals surface area contributed by atoms with E-state index < -0.39 is 47.7 Å². The maximum absolute atomic E-state index is 14.4. The van der Waals surface area contributed by atoms with E-state index in [4.69, 9.17) is 9.47 Å². The summed E-state index contributed by atoms with van der Waals surface area (Å²) in [6.07, 6.45) is 8.96. The average molecular weight is 546 g/mol. The molecule has 2 saturated heterocycles. The number of likely N-dealkylation sites (tertiary alicyclic amines) is 1. The number of rotatable bonds is 7. The molecule has 0 aliphatic carbocycles. The second kappa shape index (κ2) is 12.2. The van der Waals surface area contributed by atoms with Gasteiger partial charge in [0.25, 0.3) is 0 Å². The fraction of sp³-hybridized carbons (Fsp3) is 0.724. The molecule has 4 rings (SSSR count). The molecule has 10 heteroatoms. The van der Waals surface area contributed by atoms with E-state index in [9.17, 15) is 24.3 Å². The van der Waals surface area contributed by atoms with Gasteiger partial charge in [0.1, 0.15) is 23.7 Å². The Morgan fingerprint density at radius 1 is 1.18 bits per heavy atom. The summed E-state index contributed by atoms with van der Waals surface area (Å²) < 4.78 is 12.1. The first-order valence-electron chi connectivity index (χ1n) is 14.4. The van der Waals surface area contributed by atoms with Crippen LogP contribution >= 0.6 is 0 Å². The zero-order chi connectivity index (χ0) is 28.3. The van der Waals surface area contributed by atoms with Crippen LogP contribution in [0.1, 0.15) is 59.8 Å². The van der Waals surface area contributed by atoms with Gasteiger partial charge in [-0.1, -0.05) is 51.5 Å². The lowest BCUT2D eigenvalue weighted by Crippen LogP contribution is -2.58. The molecule has 5 bridgehead atoms. The van der Waals surface area contributed by atoms with Gasteiger partial charge in [-0.2, -0.15) is 0 Å². The lowest BCUT2D eigenvalue weighted by molar-refractivity contribution is -0.159. The number of fused-ring (bicyclic) bond motifs is 2. The van der Waals surface area contributed by atoms with Crippen LogP contribution in [0.3, 0.4) is 0 Å². The number of aliphatic hydroxyl groups excluding tert-OH is 1. The summed E-state index contributed by atoms with van der Waals surface area (Å²) in [6.45, 7) is 8.41. The number of ether oxygens (including phenoxy) is 2. The van der Waals surface area contributed by atoms with Gasteiger partial charge in [-0.3, -0.25) is 19.2 Å². The summed E-state index contributed by atoms with van der Waals surface area (Å²) in [5.41, 5.74) is -1.31. The molecule has 2 fully saturated rings. The second-order valence-corrected chi connectivity index (χ2v) is 11.6. The predicted octanol–water partition coefficient (Wildman–Crippen LogP) is 1.57. The molecule has 1 spiro atoms. The molecule has 7 atom stereocenters. The van der Waals surface area contributed by atoms with E-state index in [0.717, 1.165) is 12.8 Å². The van der Waals surface area contributed by atoms with Crippen molar-refractivity contribution in [3.63, 3.8) is 0 Å². The SMILES string of the molecule is CCCCN1C/C=C\CCC(=O)NC[C@H](C)OC(=O)[C@@H]2[C@H]3C(=O)N([C@@H](CO)CC(C)C)[C@H](C1=O)[C@]31C=C[C@H]2O1. The second-order valence-electron chi connectivity index (χ2n) is 11.6. The number of hydrogen-bond donors (Lipinski definition) is 2. The van der Waals surface area contributed by atoms with Crippen molar-refractivity contribution in [2.45, 2.75) is 89.7 Å². The Bertz CT molecular complexity index is 1010. The van der Waals surface area contributed by atoms with Crippen LogP contribution in [0.25, 0.3) is 0 Å². The average Bonchev–Trinajstić information content (AvgIpc) is 3.54. The highest BCUT2D eigenvalue weighted by Gasteiger charge is 2.74. The number of allylic oxidation sites excluding steroid dienone is 1. The number of hydrogen-bond acceptors (Lipinski definition) is 7. The van der Waals surface area contributed by atoms with E-state index in [1.165, 1.54) is 4.90 Å². The van der Waals surface area contributed by atoms with Crippen LogP contribution in [0, 0.1) is 17.8 Å². The molecule has 0 unspecified atom stereocenters. The minimum absolute atomic E-state index is 0.152. The number of esters is 1. The summed E-state index contributed by atoms with van der Waals surface area (Å²) >= 11 is 0. The molecule has 4 aliphatic rings. The summed E-state index contributed by atoms with van der Waals surface area (Å²) in [7, 11) is 0. The molecular formula is C29H43N3O7. The number of carbonyl (C=O) groups excluding carboxylic acids is 4. The number of nitrogens with zero attached hydrogens (tertiary/aromatic N) is 2. The highest BCUT2D eigenvalue weighted by atomic mass is 16.6. The van der Waals surface area contributed by atoms with Gasteiger partial charge in [0.2, 0.25) is 17.7 Å². The normalized spacial score (nSPS) is 34.9. The number of amides is 3.